The molecule has 0 fully saturated rings. The molecule has 2 amide bonds. The van der Waals surface area contributed by atoms with Gasteiger partial charge in [0.25, 0.3) is 0 Å². The topological polar surface area (TPSA) is 58.2 Å². The Hall–Kier alpha value is 0.0870. The van der Waals surface area contributed by atoms with Gasteiger partial charge in [-0.25, -0.2) is 0 Å². The van der Waals surface area contributed by atoms with E-state index in [0.29, 0.717) is 0 Å². The van der Waals surface area contributed by atoms with Crippen molar-refractivity contribution >= 4 is 50.7 Å². The molecular formula is C18H31InN2O2Si2Zr. The van der Waals surface area contributed by atoms with Gasteiger partial charge in [0.2, 0.25) is 0 Å². The van der Waals surface area contributed by atoms with Crippen LogP contribution in [0.3, 0.4) is 0 Å². The molecule has 2 rings (SSSR count). The molecule has 0 spiro atoms. The number of carbonyl (C=O) groups excluding carboxylic acids is 2. The molecule has 0 aromatic heterocycles. The number of nitrogens with one attached hydrogen (secondary N) is 2. The zero-order valence-electron chi connectivity index (χ0n) is 16.9. The van der Waals surface area contributed by atoms with E-state index in [4.69, 9.17) is 0 Å². The van der Waals surface area contributed by atoms with Gasteiger partial charge in [0, 0.05) is 0 Å². The van der Waals surface area contributed by atoms with E-state index < -0.39 is 39.6 Å². The molecule has 4 nitrogen and oxygen atoms in total. The number of hydrogen-bond acceptors (Lipinski definition) is 2. The van der Waals surface area contributed by atoms with Crippen LogP contribution in [0.5, 0.6) is 0 Å². The molecular weight excluding hydrogens is 538 g/mol. The van der Waals surface area contributed by atoms with Crippen molar-refractivity contribution in [3.05, 3.63) is 43.0 Å². The van der Waals surface area contributed by atoms with Crippen LogP contribution in [0, 0.1) is 0 Å². The quantitative estimate of drug-likeness (QED) is 0.470. The number of allylic oxidation sites excluding steroid dienone is 8. The standard InChI is InChI=1S/2C5H5.2C4H11NOSi.In.Zr.H/c2*1-2-4-5-3-1;2*1-7(2,3)4(5)6;;;/h2*1-3H,4H2;2*1-3H3,(H2,5,6);;;/q;;;;+2;;/p-2. The average Bonchev–Trinajstić information content (AvgIpc) is 3.20. The van der Waals surface area contributed by atoms with Gasteiger partial charge in [0.15, 0.2) is 0 Å². The Morgan fingerprint density at radius 2 is 1.23 bits per heavy atom. The second-order valence-electron chi connectivity index (χ2n) is 8.46. The summed E-state index contributed by atoms with van der Waals surface area (Å²) >= 11 is -1.91. The Morgan fingerprint density at radius 1 is 0.846 bits per heavy atom. The number of rotatable bonds is 6. The minimum atomic E-state index is -1.72. The third kappa shape index (κ3) is 9.86. The molecule has 2 aliphatic rings. The van der Waals surface area contributed by atoms with Gasteiger partial charge < -0.3 is 0 Å². The van der Waals surface area contributed by atoms with E-state index in [1.54, 1.807) is 6.56 Å². The van der Waals surface area contributed by atoms with Crippen LogP contribution in [0.1, 0.15) is 12.8 Å². The zero-order valence-corrected chi connectivity index (χ0v) is 25.4. The van der Waals surface area contributed by atoms with Gasteiger partial charge in [-0.15, -0.1) is 0 Å². The van der Waals surface area contributed by atoms with E-state index in [1.807, 2.05) is 39.3 Å². The maximum absolute atomic E-state index is 11.6. The van der Waals surface area contributed by atoms with Gasteiger partial charge in [-0.1, -0.05) is 0 Å². The first-order valence-electron chi connectivity index (χ1n) is 9.05. The van der Waals surface area contributed by atoms with Crippen LogP contribution in [-0.4, -0.2) is 50.7 Å². The molecule has 2 N–H and O–H groups in total. The zero-order chi connectivity index (χ0) is 19.8. The van der Waals surface area contributed by atoms with Gasteiger partial charge in [-0.2, -0.15) is 0 Å². The van der Waals surface area contributed by atoms with Crippen LogP contribution < -0.4 is 6.61 Å². The van der Waals surface area contributed by atoms with Crippen LogP contribution in [0.2, 0.25) is 39.3 Å². The fourth-order valence-electron chi connectivity index (χ4n) is 2.02. The molecule has 0 saturated carbocycles. The van der Waals surface area contributed by atoms with Crippen LogP contribution in [0.15, 0.2) is 43.0 Å². The molecule has 0 unspecified atom stereocenters. The van der Waals surface area contributed by atoms with Crippen molar-refractivity contribution in [1.29, 1.82) is 0 Å². The van der Waals surface area contributed by atoms with Gasteiger partial charge in [0.05, 0.1) is 0 Å². The van der Waals surface area contributed by atoms with E-state index in [9.17, 15) is 9.59 Å². The van der Waals surface area contributed by atoms with Crippen LogP contribution in [-0.2, 0) is 23.2 Å². The number of carbonyl (C=O) groups is 2. The van der Waals surface area contributed by atoms with Gasteiger partial charge >= 0.3 is 185 Å². The first-order chi connectivity index (χ1) is 12.0. The minimum absolute atomic E-state index is 0.175. The van der Waals surface area contributed by atoms with E-state index in [2.05, 4.69) is 43.1 Å². The summed E-state index contributed by atoms with van der Waals surface area (Å²) < 4.78 is 9.35. The molecule has 0 bridgehead atoms. The van der Waals surface area contributed by atoms with Gasteiger partial charge in [-0.05, 0) is 0 Å². The summed E-state index contributed by atoms with van der Waals surface area (Å²) in [6.45, 7) is 12.1. The second kappa shape index (κ2) is 11.2. The fourth-order valence-corrected chi connectivity index (χ4v) is 17.5. The van der Waals surface area contributed by atoms with E-state index in [-0.39, 0.29) is 34.3 Å². The Morgan fingerprint density at radius 3 is 1.50 bits per heavy atom. The second-order valence-corrected chi connectivity index (χ2v) is 25.2. The van der Waals surface area contributed by atoms with Crippen molar-refractivity contribution in [3.8, 4) is 0 Å². The summed E-state index contributed by atoms with van der Waals surface area (Å²) in [7, 11) is -3.43. The summed E-state index contributed by atoms with van der Waals surface area (Å²) in [5.41, 5.74) is 0.350. The predicted molar refractivity (Wildman–Crippen MR) is 115 cm³/mol. The first kappa shape index (κ1) is 24.1. The molecule has 8 heteroatoms. The monoisotopic (exact) mass is 568 g/mol. The van der Waals surface area contributed by atoms with Crippen molar-refractivity contribution in [2.75, 3.05) is 0 Å². The normalized spacial score (nSPS) is 15.5. The molecule has 26 heavy (non-hydrogen) atoms. The molecule has 0 aromatic rings. The van der Waals surface area contributed by atoms with Crippen LogP contribution in [0.25, 0.3) is 0 Å². The van der Waals surface area contributed by atoms with E-state index >= 15 is 0 Å². The summed E-state index contributed by atoms with van der Waals surface area (Å²) in [6, 6.07) is 0. The molecule has 0 atom stereocenters. The molecule has 0 heterocycles. The Kier molecular flexibility index (Phi) is 10.4. The van der Waals surface area contributed by atoms with Crippen molar-refractivity contribution in [3.63, 3.8) is 0 Å². The molecule has 0 radical (unpaired) electrons. The molecule has 140 valence electrons. The van der Waals surface area contributed by atoms with Crippen molar-refractivity contribution in [2.45, 2.75) is 52.1 Å². The molecule has 0 aromatic carbocycles. The van der Waals surface area contributed by atoms with E-state index in [0.717, 1.165) is 0 Å². The molecule has 0 saturated heterocycles. The predicted octanol–water partition coefficient (Wildman–Crippen LogP) is 4.27. The third-order valence-electron chi connectivity index (χ3n) is 3.72. The average molecular weight is 570 g/mol. The van der Waals surface area contributed by atoms with Crippen molar-refractivity contribution in [2.24, 2.45) is 0 Å². The fraction of sp³-hybridized carbons (Fsp3) is 0.444. The Labute approximate surface area is 183 Å². The van der Waals surface area contributed by atoms with Crippen LogP contribution in [0.4, 0.5) is 9.59 Å². The van der Waals surface area contributed by atoms with Crippen LogP contribution >= 0.6 is 0 Å². The van der Waals surface area contributed by atoms with Gasteiger partial charge in [0.1, 0.15) is 0 Å². The van der Waals surface area contributed by atoms with E-state index in [1.165, 1.54) is 12.8 Å². The summed E-state index contributed by atoms with van der Waals surface area (Å²) in [4.78, 5) is 23.1. The van der Waals surface area contributed by atoms with Gasteiger partial charge in [-0.3, -0.25) is 0 Å². The summed E-state index contributed by atoms with van der Waals surface area (Å²) in [5, 5.41) is 0. The maximum atomic E-state index is 11.6. The Bertz CT molecular complexity index is 591. The summed E-state index contributed by atoms with van der Waals surface area (Å²) in [5.74, 6) is 0. The number of hydrogen-bond donors (Lipinski definition) is 2. The molecule has 0 aliphatic heterocycles. The summed E-state index contributed by atoms with van der Waals surface area (Å²) in [6.07, 6.45) is 16.0. The number of amides is 2. The third-order valence-corrected chi connectivity index (χ3v) is 15.1. The Balaban J connectivity index is 0.000000269. The molecule has 2 aliphatic carbocycles. The SMILES string of the molecule is C1=CC[C]([Zr][C]2=CC=CC2)=C1.C[Si](C)(C)C(=O)[NH][InH][NH]C(=O)[Si](C)(C)C. The first-order valence-corrected chi connectivity index (χ1v) is 22.5. The van der Waals surface area contributed by atoms with Crippen molar-refractivity contribution in [1.82, 2.24) is 6.61 Å². The van der Waals surface area contributed by atoms with Crippen molar-refractivity contribution < 1.29 is 32.8 Å².